The van der Waals surface area contributed by atoms with Crippen molar-refractivity contribution in [2.75, 3.05) is 6.61 Å². The van der Waals surface area contributed by atoms with E-state index in [2.05, 4.69) is 15.8 Å². The van der Waals surface area contributed by atoms with Crippen LogP contribution in [-0.4, -0.2) is 72.0 Å². The summed E-state index contributed by atoms with van der Waals surface area (Å²) >= 11 is 5.29. The molecule has 3 aliphatic rings. The number of hydrazone groups is 1. The van der Waals surface area contributed by atoms with E-state index in [9.17, 15) is 19.2 Å². The normalized spacial score (nSPS) is 25.9. The molecule has 0 spiro atoms. The minimum Gasteiger partial charge on any atom is -0.463 e. The maximum absolute atomic E-state index is 11.9. The molecule has 1 saturated heterocycles. The molecule has 0 unspecified atom stereocenters. The van der Waals surface area contributed by atoms with Crippen molar-refractivity contribution in [2.24, 2.45) is 5.10 Å². The molecule has 0 aromatic heterocycles. The first-order chi connectivity index (χ1) is 19.0. The molecule has 2 saturated carbocycles. The minimum atomic E-state index is -1.30. The Morgan fingerprint density at radius 2 is 1.27 bits per heavy atom. The van der Waals surface area contributed by atoms with E-state index in [1.807, 2.05) is 57.8 Å². The van der Waals surface area contributed by atoms with Gasteiger partial charge in [-0.15, -0.1) is 0 Å². The molecule has 14 heteroatoms. The second-order valence-corrected chi connectivity index (χ2v) is 8.95. The van der Waals surface area contributed by atoms with Gasteiger partial charge in [0.1, 0.15) is 12.7 Å². The Morgan fingerprint density at radius 3 is 1.76 bits per heavy atom. The monoisotopic (exact) mass is 631 g/mol. The molecule has 3 fully saturated rings. The summed E-state index contributed by atoms with van der Waals surface area (Å²) in [6.07, 6.45) is 11.4. The minimum absolute atomic E-state index is 0. The Balaban J connectivity index is 0.00000126. The summed E-state index contributed by atoms with van der Waals surface area (Å²) < 4.78 is 27.0. The smallest absolute Gasteiger partial charge is 0.463 e. The molecule has 41 heavy (non-hydrogen) atoms. The molecule has 5 atom stereocenters. The van der Waals surface area contributed by atoms with E-state index in [4.69, 9.17) is 35.9 Å². The molecule has 0 amide bonds. The van der Waals surface area contributed by atoms with Crippen molar-refractivity contribution in [1.82, 2.24) is 10.7 Å². The van der Waals surface area contributed by atoms with Gasteiger partial charge in [0.05, 0.1) is 0 Å². The number of ether oxygens (including phenoxy) is 5. The van der Waals surface area contributed by atoms with Crippen molar-refractivity contribution in [1.29, 1.82) is 0 Å². The van der Waals surface area contributed by atoms with Crippen LogP contribution in [0.4, 0.5) is 0 Å². The molecule has 2 N–H and O–H groups in total. The molecule has 3 rings (SSSR count). The molecule has 2 aliphatic carbocycles. The van der Waals surface area contributed by atoms with Crippen molar-refractivity contribution >= 4 is 46.9 Å². The summed E-state index contributed by atoms with van der Waals surface area (Å²) in [5.41, 5.74) is 3.32. The summed E-state index contributed by atoms with van der Waals surface area (Å²) in [7, 11) is 0. The predicted octanol–water partition coefficient (Wildman–Crippen LogP) is 1.33. The van der Waals surface area contributed by atoms with Gasteiger partial charge in [-0.25, -0.2) is 0 Å². The number of hydrogen-bond donors (Lipinski definition) is 2. The predicted molar refractivity (Wildman–Crippen MR) is 146 cm³/mol. The van der Waals surface area contributed by atoms with Gasteiger partial charge in [0.25, 0.3) is 0 Å². The van der Waals surface area contributed by atoms with E-state index in [0.29, 0.717) is 5.71 Å². The second-order valence-electron chi connectivity index (χ2n) is 8.54. The number of carbonyl (C=O) groups excluding carboxylic acids is 4. The van der Waals surface area contributed by atoms with Crippen LogP contribution in [0.15, 0.2) is 5.10 Å². The fourth-order valence-corrected chi connectivity index (χ4v) is 3.80. The number of thiocarbonyl (C=S) groups is 1. The quantitative estimate of drug-likeness (QED) is 0.0994. The van der Waals surface area contributed by atoms with Gasteiger partial charge in [0.2, 0.25) is 0 Å². The van der Waals surface area contributed by atoms with Crippen LogP contribution < -0.4 is 10.7 Å². The van der Waals surface area contributed by atoms with E-state index >= 15 is 0 Å². The van der Waals surface area contributed by atoms with Crippen LogP contribution >= 0.6 is 12.2 Å². The third-order valence-electron chi connectivity index (χ3n) is 5.23. The number of carbonyl (C=O) groups is 4. The Bertz CT molecular complexity index is 918. The van der Waals surface area contributed by atoms with Crippen molar-refractivity contribution in [3.8, 4) is 0 Å². The van der Waals surface area contributed by atoms with Crippen LogP contribution in [0.1, 0.15) is 34.6 Å². The summed E-state index contributed by atoms with van der Waals surface area (Å²) in [5, 5.41) is 7.00. The van der Waals surface area contributed by atoms with E-state index < -0.39 is 54.5 Å². The van der Waals surface area contributed by atoms with Gasteiger partial charge in [0.15, 0.2) is 29.7 Å². The van der Waals surface area contributed by atoms with Crippen LogP contribution in [0.3, 0.4) is 0 Å². The van der Waals surface area contributed by atoms with Crippen LogP contribution in [0.25, 0.3) is 0 Å². The zero-order chi connectivity index (χ0) is 29.7. The molecule has 0 aromatic carbocycles. The Hall–Kier alpha value is -2.28. The van der Waals surface area contributed by atoms with Gasteiger partial charge >= 0.3 is 40.9 Å². The van der Waals surface area contributed by atoms with Crippen molar-refractivity contribution in [3.05, 3.63) is 63.7 Å². The molecule has 0 aromatic rings. The van der Waals surface area contributed by atoms with Crippen LogP contribution in [0.5, 0.6) is 0 Å². The van der Waals surface area contributed by atoms with Gasteiger partial charge in [-0.1, -0.05) is 0 Å². The summed E-state index contributed by atoms with van der Waals surface area (Å²) in [6, 6.07) is 0. The summed E-state index contributed by atoms with van der Waals surface area (Å²) in [4.78, 5) is 46.9. The maximum atomic E-state index is 11.9. The van der Waals surface area contributed by atoms with E-state index in [1.165, 1.54) is 6.92 Å². The Labute approximate surface area is 257 Å². The number of esters is 4. The zero-order valence-electron chi connectivity index (χ0n) is 23.2. The second kappa shape index (κ2) is 19.0. The van der Waals surface area contributed by atoms with Crippen molar-refractivity contribution < 1.29 is 59.9 Å². The molecule has 12 nitrogen and oxygen atoms in total. The van der Waals surface area contributed by atoms with Crippen LogP contribution in [-0.2, 0) is 59.9 Å². The van der Waals surface area contributed by atoms with E-state index in [0.717, 1.165) is 26.7 Å². The molecule has 1 heterocycles. The van der Waals surface area contributed by atoms with Crippen molar-refractivity contribution in [2.45, 2.75) is 65.3 Å². The summed E-state index contributed by atoms with van der Waals surface area (Å²) in [5.74, 6) is -1.89. The Kier molecular flexibility index (Phi) is 17.0. The number of nitrogens with one attached hydrogen (secondary N) is 2. The fraction of sp³-hybridized carbons (Fsp3) is 0.407. The largest absolute Gasteiger partial charge is 2.00 e. The van der Waals surface area contributed by atoms with Gasteiger partial charge in [0, 0.05) is 39.3 Å². The first-order valence-corrected chi connectivity index (χ1v) is 12.7. The summed E-state index contributed by atoms with van der Waals surface area (Å²) in [6.45, 7) is 6.06. The topological polar surface area (TPSA) is 151 Å². The van der Waals surface area contributed by atoms with Crippen LogP contribution in [0, 0.1) is 63.7 Å². The number of nitrogens with zero attached hydrogens (tertiary/aromatic N) is 1. The average Bonchev–Trinajstić information content (AvgIpc) is 3.61. The maximum Gasteiger partial charge on any atom is 2.00 e. The first-order valence-electron chi connectivity index (χ1n) is 12.3. The number of rotatable bonds is 8. The third-order valence-corrected chi connectivity index (χ3v) is 5.43. The average molecular weight is 631 g/mol. The Morgan fingerprint density at radius 1 is 0.780 bits per heavy atom. The van der Waals surface area contributed by atoms with Gasteiger partial charge in [-0.2, -0.15) is 5.10 Å². The van der Waals surface area contributed by atoms with E-state index in [-0.39, 0.29) is 28.8 Å². The van der Waals surface area contributed by atoms with Crippen molar-refractivity contribution in [3.63, 3.8) is 0 Å². The fourth-order valence-electron chi connectivity index (χ4n) is 3.64. The van der Waals surface area contributed by atoms with Gasteiger partial charge in [-0.05, 0) is 76.9 Å². The van der Waals surface area contributed by atoms with Gasteiger partial charge < -0.3 is 29.0 Å². The zero-order valence-corrected chi connectivity index (χ0v) is 25.1. The first kappa shape index (κ1) is 36.7. The van der Waals surface area contributed by atoms with Crippen LogP contribution in [0.2, 0.25) is 0 Å². The molecule has 0 bridgehead atoms. The molecule has 10 radical (unpaired) electrons. The van der Waals surface area contributed by atoms with E-state index in [1.54, 1.807) is 6.92 Å². The molecular weight excluding hydrogens is 598 g/mol. The molecule has 222 valence electrons. The van der Waals surface area contributed by atoms with Gasteiger partial charge in [-0.3, -0.25) is 24.6 Å². The molecular formula is C27H33FeN3O9S+2. The molecule has 1 aliphatic heterocycles. The number of hydrogen-bond acceptors (Lipinski definition) is 11. The standard InChI is InChI=1S/C22H28N3O9S.C5H5.Fe/c1-11(16-8-6-7-9-16)24-25-22(35)23-21-20(33-15(5)29)19(32-14(4)28)18(31-13(3)27)17(34-21)10-30-12(2)26;1-2-4-5-3-1;/h6-9,17-21H,10H2,1-5H3,(H2,23,25,35);1-5H;/q;;+2/b24-11+;;/t17-,18-,19+,20-,21-;;/m1../s1. The SMILES string of the molecule is CC(=O)OC[C@H]1O[C@@H](NC(=S)N/N=C(\C)[C]2[CH][CH][CH][CH]2)[C@H](OC(C)=O)[C@@H](OC(C)=O)[C@@H]1OC(C)=O.[CH]1[CH][CH][CH][CH]1.[Fe+2]. The third kappa shape index (κ3) is 13.5.